The van der Waals surface area contributed by atoms with Crippen molar-refractivity contribution in [3.8, 4) is 0 Å². The molecule has 0 bridgehead atoms. The maximum atomic E-state index is 12.7. The second-order valence-electron chi connectivity index (χ2n) is 5.94. The van der Waals surface area contributed by atoms with E-state index in [1.807, 2.05) is 0 Å². The van der Waals surface area contributed by atoms with Gasteiger partial charge in [0.15, 0.2) is 0 Å². The van der Waals surface area contributed by atoms with E-state index in [-0.39, 0.29) is 38.0 Å². The van der Waals surface area contributed by atoms with Gasteiger partial charge in [-0.3, -0.25) is 4.84 Å². The lowest BCUT2D eigenvalue weighted by atomic mass is 9.77. The van der Waals surface area contributed by atoms with Crippen molar-refractivity contribution >= 4 is 0 Å². The molecule has 1 atom stereocenters. The van der Waals surface area contributed by atoms with Gasteiger partial charge in [0, 0.05) is 19.8 Å². The molecule has 0 aromatic heterocycles. The summed E-state index contributed by atoms with van der Waals surface area (Å²) >= 11 is 0. The third-order valence-electron chi connectivity index (χ3n) is 4.35. The van der Waals surface area contributed by atoms with Crippen LogP contribution in [0, 0.1) is 11.8 Å². The monoisotopic (exact) mass is 327 g/mol. The number of aliphatic hydroxyl groups excluding tert-OH is 1. The van der Waals surface area contributed by atoms with Crippen molar-refractivity contribution in [1.82, 2.24) is 5.48 Å². The molecule has 0 aromatic carbocycles. The molecule has 132 valence electrons. The standard InChI is InChI=1S/C15H28F3NO3/c1-21-10-3-2-4-14(19-22-11-9-20)12-5-7-13(8-6-12)15(16,17)18/h12-14,19-20H,2-11H2,1H3. The molecular weight excluding hydrogens is 299 g/mol. The van der Waals surface area contributed by atoms with Crippen LogP contribution in [0.1, 0.15) is 44.9 Å². The summed E-state index contributed by atoms with van der Waals surface area (Å²) in [5.74, 6) is -0.962. The van der Waals surface area contributed by atoms with Gasteiger partial charge in [0.1, 0.15) is 0 Å². The summed E-state index contributed by atoms with van der Waals surface area (Å²) in [6, 6.07) is 0.0394. The predicted octanol–water partition coefficient (Wildman–Crippen LogP) is 3.05. The molecule has 0 aromatic rings. The average Bonchev–Trinajstić information content (AvgIpc) is 2.49. The summed E-state index contributed by atoms with van der Waals surface area (Å²) in [5.41, 5.74) is 2.94. The largest absolute Gasteiger partial charge is 0.394 e. The van der Waals surface area contributed by atoms with E-state index < -0.39 is 12.1 Å². The van der Waals surface area contributed by atoms with Gasteiger partial charge in [0.05, 0.1) is 19.1 Å². The van der Waals surface area contributed by atoms with Crippen molar-refractivity contribution in [3.63, 3.8) is 0 Å². The fourth-order valence-corrected chi connectivity index (χ4v) is 3.06. The van der Waals surface area contributed by atoms with Crippen LogP contribution in [-0.4, -0.2) is 44.3 Å². The van der Waals surface area contributed by atoms with Gasteiger partial charge in [-0.1, -0.05) is 0 Å². The molecule has 22 heavy (non-hydrogen) atoms. The number of unbranched alkanes of at least 4 members (excludes halogenated alkanes) is 1. The number of nitrogens with one attached hydrogen (secondary N) is 1. The highest BCUT2D eigenvalue weighted by atomic mass is 19.4. The Labute approximate surface area is 130 Å². The number of hydroxylamine groups is 1. The van der Waals surface area contributed by atoms with Crippen LogP contribution in [0.25, 0.3) is 0 Å². The molecule has 0 amide bonds. The number of hydrogen-bond acceptors (Lipinski definition) is 4. The van der Waals surface area contributed by atoms with Crippen LogP contribution in [0.3, 0.4) is 0 Å². The Balaban J connectivity index is 2.41. The van der Waals surface area contributed by atoms with E-state index in [0.29, 0.717) is 19.4 Å². The molecule has 1 saturated carbocycles. The minimum absolute atomic E-state index is 0.0394. The van der Waals surface area contributed by atoms with Crippen LogP contribution in [0.4, 0.5) is 13.2 Å². The molecule has 1 unspecified atom stereocenters. The fourth-order valence-electron chi connectivity index (χ4n) is 3.06. The van der Waals surface area contributed by atoms with E-state index in [0.717, 1.165) is 19.3 Å². The first-order valence-corrected chi connectivity index (χ1v) is 8.02. The average molecular weight is 327 g/mol. The first kappa shape index (κ1) is 19.7. The first-order chi connectivity index (χ1) is 10.5. The van der Waals surface area contributed by atoms with Crippen LogP contribution < -0.4 is 5.48 Å². The minimum Gasteiger partial charge on any atom is -0.394 e. The quantitative estimate of drug-likeness (QED) is 0.478. The van der Waals surface area contributed by atoms with E-state index in [1.54, 1.807) is 7.11 Å². The Hall–Kier alpha value is -0.370. The molecule has 1 rings (SSSR count). The van der Waals surface area contributed by atoms with E-state index in [1.165, 1.54) is 0 Å². The summed E-state index contributed by atoms with van der Waals surface area (Å²) < 4.78 is 43.2. The van der Waals surface area contributed by atoms with Gasteiger partial charge >= 0.3 is 6.18 Å². The van der Waals surface area contributed by atoms with Crippen LogP contribution in [0.5, 0.6) is 0 Å². The molecule has 4 nitrogen and oxygen atoms in total. The SMILES string of the molecule is COCCCCC(NOCCO)C1CCC(C(F)(F)F)CC1. The van der Waals surface area contributed by atoms with E-state index in [2.05, 4.69) is 5.48 Å². The summed E-state index contributed by atoms with van der Waals surface area (Å²) in [4.78, 5) is 5.20. The smallest absolute Gasteiger partial charge is 0.391 e. The summed E-state index contributed by atoms with van der Waals surface area (Å²) in [6.07, 6.45) is 0.160. The van der Waals surface area contributed by atoms with Gasteiger partial charge in [-0.05, 0) is 50.9 Å². The van der Waals surface area contributed by atoms with Crippen molar-refractivity contribution in [3.05, 3.63) is 0 Å². The molecule has 0 heterocycles. The number of hydrogen-bond donors (Lipinski definition) is 2. The van der Waals surface area contributed by atoms with Crippen molar-refractivity contribution in [1.29, 1.82) is 0 Å². The Morgan fingerprint density at radius 3 is 2.36 bits per heavy atom. The van der Waals surface area contributed by atoms with Crippen molar-refractivity contribution in [2.75, 3.05) is 26.9 Å². The van der Waals surface area contributed by atoms with Crippen molar-refractivity contribution in [2.24, 2.45) is 11.8 Å². The maximum Gasteiger partial charge on any atom is 0.391 e. The van der Waals surface area contributed by atoms with Gasteiger partial charge in [0.25, 0.3) is 0 Å². The minimum atomic E-state index is -4.07. The van der Waals surface area contributed by atoms with Crippen molar-refractivity contribution in [2.45, 2.75) is 57.2 Å². The first-order valence-electron chi connectivity index (χ1n) is 8.02. The number of rotatable bonds is 10. The molecular formula is C15H28F3NO3. The van der Waals surface area contributed by atoms with Crippen molar-refractivity contribution < 1.29 is 27.9 Å². The van der Waals surface area contributed by atoms with Gasteiger partial charge in [-0.2, -0.15) is 18.7 Å². The molecule has 1 aliphatic rings. The highest BCUT2D eigenvalue weighted by molar-refractivity contribution is 4.83. The van der Waals surface area contributed by atoms with Crippen LogP contribution in [-0.2, 0) is 9.57 Å². The molecule has 7 heteroatoms. The highest BCUT2D eigenvalue weighted by Gasteiger charge is 2.42. The Kier molecular flexibility index (Phi) is 9.31. The lowest BCUT2D eigenvalue weighted by molar-refractivity contribution is -0.185. The van der Waals surface area contributed by atoms with Gasteiger partial charge < -0.3 is 9.84 Å². The molecule has 2 N–H and O–H groups in total. The fraction of sp³-hybridized carbons (Fsp3) is 1.00. The summed E-state index contributed by atoms with van der Waals surface area (Å²) in [6.45, 7) is 0.793. The molecule has 1 fully saturated rings. The molecule has 0 spiro atoms. The highest BCUT2D eigenvalue weighted by Crippen LogP contribution is 2.40. The van der Waals surface area contributed by atoms with Crippen LogP contribution in [0.2, 0.25) is 0 Å². The number of ether oxygens (including phenoxy) is 1. The zero-order valence-corrected chi connectivity index (χ0v) is 13.2. The molecule has 0 aliphatic heterocycles. The number of aliphatic hydroxyl groups is 1. The maximum absolute atomic E-state index is 12.7. The number of alkyl halides is 3. The third kappa shape index (κ3) is 7.26. The lowest BCUT2D eigenvalue weighted by Gasteiger charge is -2.34. The van der Waals surface area contributed by atoms with E-state index in [9.17, 15) is 13.2 Å². The second-order valence-corrected chi connectivity index (χ2v) is 5.94. The zero-order chi connectivity index (χ0) is 16.4. The van der Waals surface area contributed by atoms with E-state index >= 15 is 0 Å². The molecule has 0 saturated heterocycles. The second kappa shape index (κ2) is 10.4. The van der Waals surface area contributed by atoms with Gasteiger partial charge in [0.2, 0.25) is 0 Å². The zero-order valence-electron chi connectivity index (χ0n) is 13.2. The topological polar surface area (TPSA) is 50.7 Å². The number of halogens is 3. The van der Waals surface area contributed by atoms with E-state index in [4.69, 9.17) is 14.7 Å². The van der Waals surface area contributed by atoms with Gasteiger partial charge in [-0.25, -0.2) is 0 Å². The number of methoxy groups -OCH3 is 1. The van der Waals surface area contributed by atoms with Gasteiger partial charge in [-0.15, -0.1) is 0 Å². The Morgan fingerprint density at radius 2 is 1.82 bits per heavy atom. The lowest BCUT2D eigenvalue weighted by Crippen LogP contribution is -2.40. The summed E-state index contributed by atoms with van der Waals surface area (Å²) in [5, 5.41) is 8.75. The van der Waals surface area contributed by atoms with Crippen LogP contribution >= 0.6 is 0 Å². The molecule has 0 radical (unpaired) electrons. The summed E-state index contributed by atoms with van der Waals surface area (Å²) in [7, 11) is 1.65. The molecule has 1 aliphatic carbocycles. The Morgan fingerprint density at radius 1 is 1.14 bits per heavy atom. The van der Waals surface area contributed by atoms with Crippen LogP contribution in [0.15, 0.2) is 0 Å². The Bertz CT molecular complexity index is 282. The predicted molar refractivity (Wildman–Crippen MR) is 77.2 cm³/mol. The normalized spacial score (nSPS) is 24.4. The third-order valence-corrected chi connectivity index (χ3v) is 4.35.